The van der Waals surface area contributed by atoms with Gasteiger partial charge < -0.3 is 9.80 Å². The Morgan fingerprint density at radius 2 is 1.75 bits per heavy atom. The number of anilines is 1. The number of likely N-dealkylation sites (N-methyl/N-ethyl adjacent to an activating group) is 1. The van der Waals surface area contributed by atoms with Crippen LogP contribution in [0.3, 0.4) is 0 Å². The molecule has 4 rings (SSSR count). The van der Waals surface area contributed by atoms with Crippen LogP contribution in [0.2, 0.25) is 0 Å². The number of hydrogen-bond acceptors (Lipinski definition) is 6. The molecular weight excluding hydrogens is 378 g/mol. The quantitative estimate of drug-likeness (QED) is 0.634. The normalized spacial score (nSPS) is 16.1. The first-order valence-electron chi connectivity index (χ1n) is 8.68. The second kappa shape index (κ2) is 6.97. The zero-order chi connectivity index (χ0) is 19.9. The lowest BCUT2D eigenvalue weighted by Crippen LogP contribution is -2.45. The Morgan fingerprint density at radius 1 is 1.04 bits per heavy atom. The van der Waals surface area contributed by atoms with Gasteiger partial charge >= 0.3 is 6.18 Å². The van der Waals surface area contributed by atoms with Gasteiger partial charge in [0, 0.05) is 31.7 Å². The molecule has 0 amide bonds. The third kappa shape index (κ3) is 3.49. The van der Waals surface area contributed by atoms with Gasteiger partial charge in [0.25, 0.3) is 0 Å². The van der Waals surface area contributed by atoms with Crippen LogP contribution in [0, 0.1) is 5.82 Å². The number of halogens is 4. The predicted octanol–water partition coefficient (Wildman–Crippen LogP) is 2.18. The van der Waals surface area contributed by atoms with Crippen LogP contribution < -0.4 is 4.90 Å². The molecule has 1 fully saturated rings. The van der Waals surface area contributed by atoms with Gasteiger partial charge in [0.05, 0.1) is 6.54 Å². The van der Waals surface area contributed by atoms with Crippen molar-refractivity contribution in [2.45, 2.75) is 12.7 Å². The Balaban J connectivity index is 1.81. The Kier molecular flexibility index (Phi) is 4.61. The van der Waals surface area contributed by atoms with Gasteiger partial charge in [-0.05, 0) is 13.1 Å². The van der Waals surface area contributed by atoms with Gasteiger partial charge in [-0.15, -0.1) is 5.10 Å². The second-order valence-corrected chi connectivity index (χ2v) is 6.67. The van der Waals surface area contributed by atoms with E-state index in [0.717, 1.165) is 0 Å². The molecule has 148 valence electrons. The van der Waals surface area contributed by atoms with Crippen molar-refractivity contribution < 1.29 is 17.6 Å². The van der Waals surface area contributed by atoms with Crippen molar-refractivity contribution in [3.8, 4) is 0 Å². The number of nitrogens with zero attached hydrogens (tertiary/aromatic N) is 7. The van der Waals surface area contributed by atoms with Gasteiger partial charge in [0.1, 0.15) is 5.82 Å². The van der Waals surface area contributed by atoms with E-state index in [9.17, 15) is 17.6 Å². The van der Waals surface area contributed by atoms with Crippen LogP contribution in [0.5, 0.6) is 0 Å². The number of benzene rings is 1. The molecule has 1 saturated heterocycles. The highest BCUT2D eigenvalue weighted by atomic mass is 19.4. The first kappa shape index (κ1) is 18.5. The lowest BCUT2D eigenvalue weighted by Gasteiger charge is -2.33. The molecule has 0 bridgehead atoms. The third-order valence-corrected chi connectivity index (χ3v) is 4.68. The molecule has 7 nitrogen and oxygen atoms in total. The van der Waals surface area contributed by atoms with Crippen molar-refractivity contribution in [2.24, 2.45) is 0 Å². The van der Waals surface area contributed by atoms with E-state index in [-0.39, 0.29) is 29.1 Å². The van der Waals surface area contributed by atoms with Crippen molar-refractivity contribution in [3.05, 3.63) is 41.5 Å². The van der Waals surface area contributed by atoms with Gasteiger partial charge in [0.15, 0.2) is 17.0 Å². The van der Waals surface area contributed by atoms with E-state index in [2.05, 4.69) is 25.2 Å². The van der Waals surface area contributed by atoms with E-state index >= 15 is 0 Å². The highest BCUT2D eigenvalue weighted by molar-refractivity contribution is 5.83. The zero-order valence-electron chi connectivity index (χ0n) is 15.0. The molecule has 11 heteroatoms. The number of rotatable bonds is 3. The molecule has 0 spiro atoms. The number of aromatic nitrogens is 5. The minimum Gasteiger partial charge on any atom is -0.352 e. The average molecular weight is 395 g/mol. The van der Waals surface area contributed by atoms with Crippen LogP contribution in [0.25, 0.3) is 11.2 Å². The molecule has 0 aliphatic carbocycles. The standard InChI is InChI=1S/C17H17F4N7/c1-26-6-8-27(9-7-26)14-13-15(23-16(22-14)17(19,20)21)28(25-24-13)10-11-4-2-3-5-12(11)18/h2-5H,6-10H2,1H3. The maximum Gasteiger partial charge on any atom is 0.451 e. The number of piperazine rings is 1. The van der Waals surface area contributed by atoms with E-state index in [1.54, 1.807) is 11.0 Å². The molecule has 1 aliphatic heterocycles. The van der Waals surface area contributed by atoms with Gasteiger partial charge in [-0.2, -0.15) is 13.2 Å². The molecule has 28 heavy (non-hydrogen) atoms. The summed E-state index contributed by atoms with van der Waals surface area (Å²) in [6.45, 7) is 2.33. The lowest BCUT2D eigenvalue weighted by molar-refractivity contribution is -0.144. The fourth-order valence-electron chi connectivity index (χ4n) is 3.10. The fraction of sp³-hybridized carbons (Fsp3) is 0.412. The van der Waals surface area contributed by atoms with Gasteiger partial charge in [-0.3, -0.25) is 0 Å². The summed E-state index contributed by atoms with van der Waals surface area (Å²) in [4.78, 5) is 11.2. The third-order valence-electron chi connectivity index (χ3n) is 4.68. The van der Waals surface area contributed by atoms with Crippen molar-refractivity contribution in [1.82, 2.24) is 29.9 Å². The predicted molar refractivity (Wildman–Crippen MR) is 93.3 cm³/mol. The summed E-state index contributed by atoms with van der Waals surface area (Å²) in [5.74, 6) is -1.63. The Morgan fingerprint density at radius 3 is 2.43 bits per heavy atom. The van der Waals surface area contributed by atoms with Crippen molar-refractivity contribution in [3.63, 3.8) is 0 Å². The molecule has 3 aromatic rings. The fourth-order valence-corrected chi connectivity index (χ4v) is 3.10. The summed E-state index contributed by atoms with van der Waals surface area (Å²) >= 11 is 0. The van der Waals surface area contributed by atoms with Crippen LogP contribution in [0.4, 0.5) is 23.4 Å². The van der Waals surface area contributed by atoms with Crippen LogP contribution >= 0.6 is 0 Å². The zero-order valence-corrected chi connectivity index (χ0v) is 15.0. The Labute approximate surface area is 157 Å². The van der Waals surface area contributed by atoms with Gasteiger partial charge in [0.2, 0.25) is 5.82 Å². The lowest BCUT2D eigenvalue weighted by atomic mass is 10.2. The largest absolute Gasteiger partial charge is 0.451 e. The minimum atomic E-state index is -4.72. The van der Waals surface area contributed by atoms with Crippen LogP contribution in [-0.4, -0.2) is 63.1 Å². The number of fused-ring (bicyclic) bond motifs is 1. The van der Waals surface area contributed by atoms with Gasteiger partial charge in [-0.25, -0.2) is 19.0 Å². The SMILES string of the molecule is CN1CCN(c2nc(C(F)(F)F)nc3c2nnn3Cc2ccccc2F)CC1. The topological polar surface area (TPSA) is 63.0 Å². The average Bonchev–Trinajstić information content (AvgIpc) is 3.06. The van der Waals surface area contributed by atoms with E-state index in [4.69, 9.17) is 0 Å². The number of alkyl halides is 3. The monoisotopic (exact) mass is 395 g/mol. The molecular formula is C17H17F4N7. The smallest absolute Gasteiger partial charge is 0.352 e. The molecule has 2 aromatic heterocycles. The summed E-state index contributed by atoms with van der Waals surface area (Å²) in [7, 11) is 1.94. The van der Waals surface area contributed by atoms with Crippen molar-refractivity contribution in [2.75, 3.05) is 38.1 Å². The van der Waals surface area contributed by atoms with Crippen molar-refractivity contribution >= 4 is 17.0 Å². The maximum absolute atomic E-state index is 14.0. The molecule has 1 aliphatic rings. The molecule has 0 saturated carbocycles. The number of hydrogen-bond donors (Lipinski definition) is 0. The molecule has 0 N–H and O–H groups in total. The highest BCUT2D eigenvalue weighted by Crippen LogP contribution is 2.31. The summed E-state index contributed by atoms with van der Waals surface area (Å²) in [5.41, 5.74) is 0.385. The molecule has 0 radical (unpaired) electrons. The molecule has 3 heterocycles. The first-order chi connectivity index (χ1) is 13.3. The first-order valence-corrected chi connectivity index (χ1v) is 8.68. The van der Waals surface area contributed by atoms with Crippen LogP contribution in [0.1, 0.15) is 11.4 Å². The molecule has 1 aromatic carbocycles. The van der Waals surface area contributed by atoms with Gasteiger partial charge in [-0.1, -0.05) is 23.4 Å². The van der Waals surface area contributed by atoms with Crippen LogP contribution in [0.15, 0.2) is 24.3 Å². The van der Waals surface area contributed by atoms with Crippen molar-refractivity contribution in [1.29, 1.82) is 0 Å². The Hall–Kier alpha value is -2.82. The van der Waals surface area contributed by atoms with Crippen LogP contribution in [-0.2, 0) is 12.7 Å². The summed E-state index contributed by atoms with van der Waals surface area (Å²) in [6, 6.07) is 5.99. The van der Waals surface area contributed by atoms with E-state index in [1.807, 2.05) is 7.05 Å². The van der Waals surface area contributed by atoms with E-state index < -0.39 is 17.8 Å². The summed E-state index contributed by atoms with van der Waals surface area (Å²) < 4.78 is 55.3. The summed E-state index contributed by atoms with van der Waals surface area (Å²) in [6.07, 6.45) is -4.72. The van der Waals surface area contributed by atoms with E-state index in [1.165, 1.54) is 22.9 Å². The minimum absolute atomic E-state index is 0.0699. The van der Waals surface area contributed by atoms with E-state index in [0.29, 0.717) is 26.2 Å². The summed E-state index contributed by atoms with van der Waals surface area (Å²) in [5, 5.41) is 7.92. The second-order valence-electron chi connectivity index (χ2n) is 6.67. The molecule has 0 unspecified atom stereocenters. The Bertz CT molecular complexity index is 993. The highest BCUT2D eigenvalue weighted by Gasteiger charge is 2.37. The molecule has 0 atom stereocenters. The maximum atomic E-state index is 14.0.